The zero-order chi connectivity index (χ0) is 20.1. The molecular formula is C19H24N4O3S2. The second-order valence-corrected chi connectivity index (χ2v) is 9.96. The van der Waals surface area contributed by atoms with Crippen molar-refractivity contribution in [1.82, 2.24) is 14.2 Å². The maximum Gasteiger partial charge on any atom is 0.244 e. The van der Waals surface area contributed by atoms with Gasteiger partial charge in [0.2, 0.25) is 15.9 Å². The van der Waals surface area contributed by atoms with E-state index in [1.165, 1.54) is 33.9 Å². The van der Waals surface area contributed by atoms with Gasteiger partial charge in [-0.25, -0.2) is 13.4 Å². The van der Waals surface area contributed by atoms with Gasteiger partial charge in [0.1, 0.15) is 4.90 Å². The van der Waals surface area contributed by atoms with Crippen LogP contribution in [-0.4, -0.2) is 59.9 Å². The molecule has 0 bridgehead atoms. The molecule has 3 rings (SSSR count). The van der Waals surface area contributed by atoms with Crippen molar-refractivity contribution in [1.29, 1.82) is 0 Å². The quantitative estimate of drug-likeness (QED) is 0.683. The molecule has 150 valence electrons. The molecule has 1 aliphatic heterocycles. The van der Waals surface area contributed by atoms with E-state index in [2.05, 4.69) is 22.0 Å². The van der Waals surface area contributed by atoms with Crippen molar-refractivity contribution in [2.24, 2.45) is 5.73 Å². The summed E-state index contributed by atoms with van der Waals surface area (Å²) in [5.74, 6) is -0.433. The highest BCUT2D eigenvalue weighted by Gasteiger charge is 2.28. The van der Waals surface area contributed by atoms with Crippen molar-refractivity contribution in [3.8, 4) is 0 Å². The molecule has 1 saturated heterocycles. The lowest BCUT2D eigenvalue weighted by Crippen LogP contribution is -2.48. The van der Waals surface area contributed by atoms with E-state index in [0.717, 1.165) is 6.54 Å². The first-order valence-corrected chi connectivity index (χ1v) is 11.4. The zero-order valence-corrected chi connectivity index (χ0v) is 17.3. The number of amides is 1. The monoisotopic (exact) mass is 420 g/mol. The average Bonchev–Trinajstić information content (AvgIpc) is 2.69. The van der Waals surface area contributed by atoms with Crippen LogP contribution in [0.4, 0.5) is 0 Å². The van der Waals surface area contributed by atoms with Crippen molar-refractivity contribution in [3.05, 3.63) is 54.2 Å². The summed E-state index contributed by atoms with van der Waals surface area (Å²) in [6, 6.07) is 13.3. The normalized spacial score (nSPS) is 17.3. The summed E-state index contributed by atoms with van der Waals surface area (Å²) in [6.07, 6.45) is 1.35. The van der Waals surface area contributed by atoms with Crippen molar-refractivity contribution in [2.45, 2.75) is 28.6 Å². The third kappa shape index (κ3) is 5.11. The summed E-state index contributed by atoms with van der Waals surface area (Å²) in [7, 11) is -3.58. The van der Waals surface area contributed by atoms with E-state index in [-0.39, 0.29) is 4.90 Å². The Balaban J connectivity index is 1.60. The van der Waals surface area contributed by atoms with Crippen LogP contribution in [0.1, 0.15) is 12.5 Å². The summed E-state index contributed by atoms with van der Waals surface area (Å²) < 4.78 is 27.3. The Morgan fingerprint density at radius 3 is 2.39 bits per heavy atom. The Morgan fingerprint density at radius 2 is 1.82 bits per heavy atom. The fraction of sp³-hybridized carbons (Fsp3) is 0.368. The fourth-order valence-corrected chi connectivity index (χ4v) is 5.05. The Hall–Kier alpha value is -1.94. The van der Waals surface area contributed by atoms with Gasteiger partial charge >= 0.3 is 0 Å². The molecule has 1 atom stereocenters. The minimum absolute atomic E-state index is 0.167. The van der Waals surface area contributed by atoms with Crippen molar-refractivity contribution < 1.29 is 13.2 Å². The van der Waals surface area contributed by atoms with Gasteiger partial charge in [-0.2, -0.15) is 4.31 Å². The SMILES string of the molecule is CC(Sc1ccc(S(=O)(=O)N2CCN(Cc3ccccc3)CC2)cn1)C(N)=O. The molecule has 1 amide bonds. The number of thioether (sulfide) groups is 1. The third-order valence-corrected chi connectivity index (χ3v) is 7.58. The van der Waals surface area contributed by atoms with E-state index < -0.39 is 21.2 Å². The number of pyridine rings is 1. The van der Waals surface area contributed by atoms with E-state index in [0.29, 0.717) is 31.2 Å². The summed E-state index contributed by atoms with van der Waals surface area (Å²) >= 11 is 1.21. The number of piperazine rings is 1. The maximum absolute atomic E-state index is 12.9. The minimum Gasteiger partial charge on any atom is -0.369 e. The summed E-state index contributed by atoms with van der Waals surface area (Å²) in [4.78, 5) is 17.7. The molecule has 0 spiro atoms. The summed E-state index contributed by atoms with van der Waals surface area (Å²) in [6.45, 7) is 4.78. The number of hydrogen-bond acceptors (Lipinski definition) is 6. The molecule has 7 nitrogen and oxygen atoms in total. The van der Waals surface area contributed by atoms with E-state index >= 15 is 0 Å². The second-order valence-electron chi connectivity index (χ2n) is 6.66. The standard InChI is InChI=1S/C19H24N4O3S2/c1-15(19(20)24)27-18-8-7-17(13-21-18)28(25,26)23-11-9-22(10-12-23)14-16-5-3-2-4-6-16/h2-8,13,15H,9-12,14H2,1H3,(H2,20,24). The molecule has 2 aromatic rings. The van der Waals surface area contributed by atoms with Gasteiger partial charge in [-0.05, 0) is 24.6 Å². The first kappa shape index (κ1) is 20.8. The van der Waals surface area contributed by atoms with Crippen LogP contribution >= 0.6 is 11.8 Å². The number of benzene rings is 1. The lowest BCUT2D eigenvalue weighted by atomic mass is 10.2. The van der Waals surface area contributed by atoms with Gasteiger partial charge in [-0.15, -0.1) is 0 Å². The lowest BCUT2D eigenvalue weighted by molar-refractivity contribution is -0.117. The Labute approximate surface area is 170 Å². The van der Waals surface area contributed by atoms with E-state index in [4.69, 9.17) is 5.73 Å². The molecule has 0 aliphatic carbocycles. The highest BCUT2D eigenvalue weighted by atomic mass is 32.2. The number of carbonyl (C=O) groups excluding carboxylic acids is 1. The molecule has 1 aliphatic rings. The number of rotatable bonds is 7. The number of nitrogens with zero attached hydrogens (tertiary/aromatic N) is 3. The highest BCUT2D eigenvalue weighted by molar-refractivity contribution is 8.00. The first-order valence-electron chi connectivity index (χ1n) is 9.05. The van der Waals surface area contributed by atoms with Gasteiger partial charge in [-0.1, -0.05) is 42.1 Å². The van der Waals surface area contributed by atoms with E-state index in [1.807, 2.05) is 18.2 Å². The smallest absolute Gasteiger partial charge is 0.244 e. The number of primary amides is 1. The molecule has 1 fully saturated rings. The third-order valence-electron chi connectivity index (χ3n) is 4.63. The molecule has 2 heterocycles. The fourth-order valence-electron chi connectivity index (χ4n) is 2.95. The van der Waals surface area contributed by atoms with Crippen LogP contribution in [0.25, 0.3) is 0 Å². The van der Waals surface area contributed by atoms with Gasteiger partial charge in [0.05, 0.1) is 10.3 Å². The molecule has 28 heavy (non-hydrogen) atoms. The Bertz CT molecular complexity index is 897. The van der Waals surface area contributed by atoms with Crippen LogP contribution in [0.5, 0.6) is 0 Å². The summed E-state index contributed by atoms with van der Waals surface area (Å²) in [5, 5.41) is 0.144. The van der Waals surface area contributed by atoms with Gasteiger partial charge in [-0.3, -0.25) is 9.69 Å². The van der Waals surface area contributed by atoms with Gasteiger partial charge in [0, 0.05) is 38.9 Å². The van der Waals surface area contributed by atoms with Crippen LogP contribution in [-0.2, 0) is 21.4 Å². The van der Waals surface area contributed by atoms with E-state index in [1.54, 1.807) is 13.0 Å². The number of sulfonamides is 1. The number of hydrogen-bond donors (Lipinski definition) is 1. The van der Waals surface area contributed by atoms with Gasteiger partial charge in [0.25, 0.3) is 0 Å². The van der Waals surface area contributed by atoms with Crippen molar-refractivity contribution in [3.63, 3.8) is 0 Å². The Kier molecular flexibility index (Phi) is 6.71. The summed E-state index contributed by atoms with van der Waals surface area (Å²) in [5.41, 5.74) is 6.47. The van der Waals surface area contributed by atoms with Crippen molar-refractivity contribution >= 4 is 27.7 Å². The molecule has 9 heteroatoms. The number of nitrogens with two attached hydrogens (primary N) is 1. The zero-order valence-electron chi connectivity index (χ0n) is 15.7. The van der Waals surface area contributed by atoms with Crippen LogP contribution in [0.2, 0.25) is 0 Å². The second kappa shape index (κ2) is 9.04. The Morgan fingerprint density at radius 1 is 1.14 bits per heavy atom. The van der Waals surface area contributed by atoms with E-state index in [9.17, 15) is 13.2 Å². The predicted octanol–water partition coefficient (Wildman–Crippen LogP) is 1.55. The molecule has 0 saturated carbocycles. The van der Waals surface area contributed by atoms with Crippen LogP contribution in [0.3, 0.4) is 0 Å². The predicted molar refractivity (Wildman–Crippen MR) is 109 cm³/mol. The first-order chi connectivity index (χ1) is 13.4. The highest BCUT2D eigenvalue weighted by Crippen LogP contribution is 2.23. The minimum atomic E-state index is -3.58. The molecule has 2 N–H and O–H groups in total. The van der Waals surface area contributed by atoms with Gasteiger partial charge < -0.3 is 5.73 Å². The van der Waals surface area contributed by atoms with Crippen LogP contribution in [0.15, 0.2) is 58.6 Å². The maximum atomic E-state index is 12.9. The van der Waals surface area contributed by atoms with Crippen molar-refractivity contribution in [2.75, 3.05) is 26.2 Å². The van der Waals surface area contributed by atoms with Crippen LogP contribution < -0.4 is 5.73 Å². The largest absolute Gasteiger partial charge is 0.369 e. The average molecular weight is 421 g/mol. The molecule has 1 unspecified atom stereocenters. The molecular weight excluding hydrogens is 396 g/mol. The molecule has 1 aromatic heterocycles. The molecule has 1 aromatic carbocycles. The number of aromatic nitrogens is 1. The topological polar surface area (TPSA) is 96.6 Å². The lowest BCUT2D eigenvalue weighted by Gasteiger charge is -2.33. The molecule has 0 radical (unpaired) electrons. The van der Waals surface area contributed by atoms with Crippen LogP contribution in [0, 0.1) is 0 Å². The number of carbonyl (C=O) groups is 1. The van der Waals surface area contributed by atoms with Gasteiger partial charge in [0.15, 0.2) is 0 Å².